The molecule has 0 aliphatic carbocycles. The fraction of sp³-hybridized carbons (Fsp3) is 0.667. The highest BCUT2D eigenvalue weighted by molar-refractivity contribution is 5.87. The van der Waals surface area contributed by atoms with Gasteiger partial charge in [-0.2, -0.15) is 0 Å². The number of hydrogen-bond donors (Lipinski definition) is 5. The lowest BCUT2D eigenvalue weighted by Gasteiger charge is -2.18. The van der Waals surface area contributed by atoms with Gasteiger partial charge in [-0.05, 0) is 13.3 Å². The molecule has 0 aromatic carbocycles. The number of carbonyl (C=O) groups is 3. The lowest BCUT2D eigenvalue weighted by molar-refractivity contribution is -0.143. The van der Waals surface area contributed by atoms with E-state index < -0.39 is 36.0 Å². The molecule has 0 fully saturated rings. The molecule has 17 heavy (non-hydrogen) atoms. The predicted molar refractivity (Wildman–Crippen MR) is 56.1 cm³/mol. The van der Waals surface area contributed by atoms with Gasteiger partial charge in [0.1, 0.15) is 12.1 Å². The number of nitrogens with two attached hydrogens (primary N) is 1. The van der Waals surface area contributed by atoms with Crippen molar-refractivity contribution in [3.63, 3.8) is 0 Å². The smallest absolute Gasteiger partial charge is 0.326 e. The highest BCUT2D eigenvalue weighted by atomic mass is 16.4. The minimum atomic E-state index is -1.35. The number of amides is 1. The van der Waals surface area contributed by atoms with Crippen LogP contribution in [-0.2, 0) is 14.4 Å². The van der Waals surface area contributed by atoms with Crippen molar-refractivity contribution in [2.75, 3.05) is 0 Å². The summed E-state index contributed by atoms with van der Waals surface area (Å²) >= 11 is 0. The second-order valence-electron chi connectivity index (χ2n) is 3.60. The summed E-state index contributed by atoms with van der Waals surface area (Å²) in [5.41, 5.74) is 5.29. The fourth-order valence-corrected chi connectivity index (χ4v) is 1.01. The Kier molecular flexibility index (Phi) is 6.15. The normalized spacial score (nSPS) is 15.7. The Labute approximate surface area is 97.4 Å². The lowest BCUT2D eigenvalue weighted by atomic mass is 10.1. The number of aliphatic hydroxyl groups excluding tert-OH is 1. The van der Waals surface area contributed by atoms with Gasteiger partial charge in [0, 0.05) is 6.42 Å². The van der Waals surface area contributed by atoms with Crippen molar-refractivity contribution in [3.8, 4) is 0 Å². The fourth-order valence-electron chi connectivity index (χ4n) is 1.01. The summed E-state index contributed by atoms with van der Waals surface area (Å²) in [6.07, 6.45) is -1.76. The van der Waals surface area contributed by atoms with Crippen molar-refractivity contribution in [2.45, 2.75) is 38.0 Å². The first-order chi connectivity index (χ1) is 7.75. The molecule has 6 N–H and O–H groups in total. The van der Waals surface area contributed by atoms with Crippen LogP contribution in [0.2, 0.25) is 0 Å². The van der Waals surface area contributed by atoms with E-state index in [2.05, 4.69) is 5.32 Å². The van der Waals surface area contributed by atoms with E-state index in [0.29, 0.717) is 0 Å². The Bertz CT molecular complexity index is 304. The molecule has 0 heterocycles. The molecule has 0 aromatic rings. The third-order valence-corrected chi connectivity index (χ3v) is 2.08. The zero-order valence-electron chi connectivity index (χ0n) is 9.29. The summed E-state index contributed by atoms with van der Waals surface area (Å²) in [6.45, 7) is 1.29. The summed E-state index contributed by atoms with van der Waals surface area (Å²) in [6, 6.07) is -2.58. The van der Waals surface area contributed by atoms with E-state index in [1.54, 1.807) is 0 Å². The molecular weight excluding hydrogens is 232 g/mol. The zero-order valence-corrected chi connectivity index (χ0v) is 9.29. The molecular formula is C9H16N2O6. The molecule has 0 saturated carbocycles. The molecule has 0 bridgehead atoms. The molecule has 0 aliphatic rings. The molecule has 8 heteroatoms. The SMILES string of the molecule is CC(O)[C@H](N)C(=O)N[C@@H](CCC(=O)O)C(=O)O. The molecule has 3 atom stereocenters. The molecule has 0 radical (unpaired) electrons. The van der Waals surface area contributed by atoms with Crippen LogP contribution in [0.3, 0.4) is 0 Å². The van der Waals surface area contributed by atoms with Crippen LogP contribution in [0.5, 0.6) is 0 Å². The third-order valence-electron chi connectivity index (χ3n) is 2.08. The summed E-state index contributed by atoms with van der Waals surface area (Å²) in [7, 11) is 0. The average Bonchev–Trinajstić information content (AvgIpc) is 2.21. The summed E-state index contributed by atoms with van der Waals surface area (Å²) < 4.78 is 0. The number of aliphatic carboxylic acids is 2. The van der Waals surface area contributed by atoms with E-state index in [9.17, 15) is 14.4 Å². The third kappa shape index (κ3) is 5.83. The molecule has 0 aliphatic heterocycles. The van der Waals surface area contributed by atoms with Gasteiger partial charge >= 0.3 is 11.9 Å². The van der Waals surface area contributed by atoms with Crippen LogP contribution in [0, 0.1) is 0 Å². The van der Waals surface area contributed by atoms with Gasteiger partial charge < -0.3 is 26.4 Å². The van der Waals surface area contributed by atoms with Crippen molar-refractivity contribution in [3.05, 3.63) is 0 Å². The molecule has 0 aromatic heterocycles. The van der Waals surface area contributed by atoms with Crippen molar-refractivity contribution >= 4 is 17.8 Å². The minimum absolute atomic E-state index is 0.247. The largest absolute Gasteiger partial charge is 0.481 e. The monoisotopic (exact) mass is 248 g/mol. The number of rotatable bonds is 7. The Hall–Kier alpha value is -1.67. The van der Waals surface area contributed by atoms with Crippen LogP contribution in [0.15, 0.2) is 0 Å². The van der Waals surface area contributed by atoms with E-state index in [-0.39, 0.29) is 12.8 Å². The van der Waals surface area contributed by atoms with Gasteiger partial charge in [0.25, 0.3) is 0 Å². The number of nitrogens with one attached hydrogen (secondary N) is 1. The number of carbonyl (C=O) groups excluding carboxylic acids is 1. The van der Waals surface area contributed by atoms with Crippen LogP contribution in [0.25, 0.3) is 0 Å². The Morgan fingerprint density at radius 3 is 2.18 bits per heavy atom. The Morgan fingerprint density at radius 2 is 1.82 bits per heavy atom. The molecule has 0 rings (SSSR count). The summed E-state index contributed by atoms with van der Waals surface area (Å²) in [5.74, 6) is -3.35. The maximum absolute atomic E-state index is 11.3. The zero-order chi connectivity index (χ0) is 13.6. The molecule has 98 valence electrons. The quantitative estimate of drug-likeness (QED) is 0.354. The number of hydrogen-bond acceptors (Lipinski definition) is 5. The molecule has 0 saturated heterocycles. The van der Waals surface area contributed by atoms with E-state index in [4.69, 9.17) is 21.1 Å². The number of carboxylic acids is 2. The van der Waals surface area contributed by atoms with Crippen molar-refractivity contribution < 1.29 is 29.7 Å². The average molecular weight is 248 g/mol. The van der Waals surface area contributed by atoms with Gasteiger partial charge in [-0.15, -0.1) is 0 Å². The van der Waals surface area contributed by atoms with Gasteiger partial charge in [0.15, 0.2) is 0 Å². The van der Waals surface area contributed by atoms with Crippen LogP contribution in [0.4, 0.5) is 0 Å². The minimum Gasteiger partial charge on any atom is -0.481 e. The van der Waals surface area contributed by atoms with Gasteiger partial charge in [-0.3, -0.25) is 9.59 Å². The second-order valence-corrected chi connectivity index (χ2v) is 3.60. The number of carboxylic acid groups (broad SMARTS) is 2. The Balaban J connectivity index is 4.39. The van der Waals surface area contributed by atoms with E-state index >= 15 is 0 Å². The van der Waals surface area contributed by atoms with Gasteiger partial charge in [-0.1, -0.05) is 0 Å². The molecule has 8 nitrogen and oxygen atoms in total. The van der Waals surface area contributed by atoms with Gasteiger partial charge in [-0.25, -0.2) is 4.79 Å². The van der Waals surface area contributed by atoms with Crippen LogP contribution in [0.1, 0.15) is 19.8 Å². The van der Waals surface area contributed by atoms with Gasteiger partial charge in [0.2, 0.25) is 5.91 Å². The first-order valence-corrected chi connectivity index (χ1v) is 4.94. The Morgan fingerprint density at radius 1 is 1.29 bits per heavy atom. The molecule has 1 amide bonds. The van der Waals surface area contributed by atoms with E-state index in [0.717, 1.165) is 0 Å². The van der Waals surface area contributed by atoms with Crippen LogP contribution >= 0.6 is 0 Å². The standard InChI is InChI=1S/C9H16N2O6/c1-4(12)7(10)8(15)11-5(9(16)17)2-3-6(13)14/h4-5,7,12H,2-3,10H2,1H3,(H,11,15)(H,13,14)(H,16,17)/t4?,5-,7-/m0/s1. The first-order valence-electron chi connectivity index (χ1n) is 4.94. The van der Waals surface area contributed by atoms with Crippen molar-refractivity contribution in [2.24, 2.45) is 5.73 Å². The summed E-state index contributed by atoms with van der Waals surface area (Å²) in [4.78, 5) is 32.4. The van der Waals surface area contributed by atoms with E-state index in [1.807, 2.05) is 0 Å². The highest BCUT2D eigenvalue weighted by Crippen LogP contribution is 1.99. The van der Waals surface area contributed by atoms with Crippen LogP contribution in [-0.4, -0.2) is 51.4 Å². The maximum Gasteiger partial charge on any atom is 0.326 e. The lowest BCUT2D eigenvalue weighted by Crippen LogP contribution is -2.52. The number of aliphatic hydroxyl groups is 1. The van der Waals surface area contributed by atoms with Crippen molar-refractivity contribution in [1.29, 1.82) is 0 Å². The second kappa shape index (κ2) is 6.81. The highest BCUT2D eigenvalue weighted by Gasteiger charge is 2.25. The molecule has 0 spiro atoms. The van der Waals surface area contributed by atoms with Gasteiger partial charge in [0.05, 0.1) is 6.10 Å². The topological polar surface area (TPSA) is 150 Å². The predicted octanol–water partition coefficient (Wildman–Crippen LogP) is -1.87. The van der Waals surface area contributed by atoms with Crippen LogP contribution < -0.4 is 11.1 Å². The first kappa shape index (κ1) is 15.3. The summed E-state index contributed by atoms with van der Waals surface area (Å²) in [5, 5.41) is 28.2. The van der Waals surface area contributed by atoms with E-state index in [1.165, 1.54) is 6.92 Å². The van der Waals surface area contributed by atoms with Crippen molar-refractivity contribution in [1.82, 2.24) is 5.32 Å². The molecule has 1 unspecified atom stereocenters. The maximum atomic E-state index is 11.3.